The minimum Gasteiger partial charge on any atom is -0.477 e. The van der Waals surface area contributed by atoms with Crippen LogP contribution < -0.4 is 5.32 Å². The second-order valence-corrected chi connectivity index (χ2v) is 4.14. The lowest BCUT2D eigenvalue weighted by Gasteiger charge is -2.03. The maximum atomic E-state index is 10.5. The first-order valence-corrected chi connectivity index (χ1v) is 4.84. The molecular weight excluding hydrogens is 188 g/mol. The fraction of sp³-hybridized carbons (Fsp3) is 0.500. The minimum absolute atomic E-state index is 0.270. The SMILES string of the molecule is CC(C)CNc1ncc(C(=O)O)s1. The van der Waals surface area contributed by atoms with Crippen LogP contribution in [0, 0.1) is 5.92 Å². The average Bonchev–Trinajstić information content (AvgIpc) is 2.48. The Labute approximate surface area is 80.6 Å². The predicted octanol–water partition coefficient (Wildman–Crippen LogP) is 1.91. The number of carboxylic acid groups (broad SMARTS) is 1. The van der Waals surface area contributed by atoms with E-state index >= 15 is 0 Å². The number of carbonyl (C=O) groups is 1. The topological polar surface area (TPSA) is 62.2 Å². The van der Waals surface area contributed by atoms with Gasteiger partial charge in [-0.05, 0) is 5.92 Å². The second kappa shape index (κ2) is 4.23. The van der Waals surface area contributed by atoms with Gasteiger partial charge in [0.2, 0.25) is 0 Å². The molecule has 0 aliphatic heterocycles. The van der Waals surface area contributed by atoms with E-state index in [0.29, 0.717) is 11.0 Å². The van der Waals surface area contributed by atoms with E-state index in [1.54, 1.807) is 0 Å². The van der Waals surface area contributed by atoms with Gasteiger partial charge in [-0.3, -0.25) is 0 Å². The number of nitrogens with one attached hydrogen (secondary N) is 1. The molecule has 0 aliphatic rings. The summed E-state index contributed by atoms with van der Waals surface area (Å²) in [6.45, 7) is 4.98. The third-order valence-electron chi connectivity index (χ3n) is 1.38. The summed E-state index contributed by atoms with van der Waals surface area (Å²) in [5.41, 5.74) is 0. The largest absolute Gasteiger partial charge is 0.477 e. The Balaban J connectivity index is 2.54. The highest BCUT2D eigenvalue weighted by Gasteiger charge is 2.07. The van der Waals surface area contributed by atoms with Gasteiger partial charge in [0.1, 0.15) is 4.88 Å². The molecular formula is C8H12N2O2S. The number of hydrogen-bond acceptors (Lipinski definition) is 4. The first-order chi connectivity index (χ1) is 6.09. The third-order valence-corrected chi connectivity index (χ3v) is 2.32. The van der Waals surface area contributed by atoms with E-state index in [1.807, 2.05) is 0 Å². The summed E-state index contributed by atoms with van der Waals surface area (Å²) in [5.74, 6) is -0.396. The Morgan fingerprint density at radius 1 is 1.77 bits per heavy atom. The Hall–Kier alpha value is -1.10. The van der Waals surface area contributed by atoms with Gasteiger partial charge in [-0.25, -0.2) is 9.78 Å². The van der Waals surface area contributed by atoms with E-state index in [2.05, 4.69) is 24.1 Å². The van der Waals surface area contributed by atoms with Crippen molar-refractivity contribution in [2.45, 2.75) is 13.8 Å². The Kier molecular flexibility index (Phi) is 3.25. The Morgan fingerprint density at radius 3 is 2.92 bits per heavy atom. The molecule has 1 aromatic heterocycles. The van der Waals surface area contributed by atoms with Crippen LogP contribution in [0.5, 0.6) is 0 Å². The van der Waals surface area contributed by atoms with Gasteiger partial charge in [0.05, 0.1) is 6.20 Å². The molecule has 0 radical (unpaired) electrons. The summed E-state index contributed by atoms with van der Waals surface area (Å²) in [6, 6.07) is 0. The van der Waals surface area contributed by atoms with Crippen LogP contribution in [0.15, 0.2) is 6.20 Å². The van der Waals surface area contributed by atoms with Crippen molar-refractivity contribution in [3.63, 3.8) is 0 Å². The summed E-state index contributed by atoms with van der Waals surface area (Å²) in [4.78, 5) is 14.7. The van der Waals surface area contributed by atoms with Gasteiger partial charge in [0, 0.05) is 6.54 Å². The van der Waals surface area contributed by atoms with Crippen molar-refractivity contribution in [2.24, 2.45) is 5.92 Å². The van der Waals surface area contributed by atoms with Crippen LogP contribution in [0.1, 0.15) is 23.5 Å². The number of aromatic nitrogens is 1. The van der Waals surface area contributed by atoms with Crippen molar-refractivity contribution < 1.29 is 9.90 Å². The summed E-state index contributed by atoms with van der Waals surface area (Å²) in [7, 11) is 0. The molecule has 0 aromatic carbocycles. The first kappa shape index (κ1) is 9.98. The molecule has 1 rings (SSSR count). The molecule has 0 amide bonds. The molecule has 1 heterocycles. The molecule has 4 nitrogen and oxygen atoms in total. The van der Waals surface area contributed by atoms with E-state index in [-0.39, 0.29) is 4.88 Å². The van der Waals surface area contributed by atoms with Crippen molar-refractivity contribution in [2.75, 3.05) is 11.9 Å². The number of nitrogens with zero attached hydrogens (tertiary/aromatic N) is 1. The maximum Gasteiger partial charge on any atom is 0.347 e. The zero-order valence-corrected chi connectivity index (χ0v) is 8.39. The van der Waals surface area contributed by atoms with Crippen molar-refractivity contribution in [3.8, 4) is 0 Å². The van der Waals surface area contributed by atoms with E-state index < -0.39 is 5.97 Å². The zero-order valence-electron chi connectivity index (χ0n) is 7.57. The van der Waals surface area contributed by atoms with Crippen LogP contribution >= 0.6 is 11.3 Å². The maximum absolute atomic E-state index is 10.5. The van der Waals surface area contributed by atoms with E-state index in [4.69, 9.17) is 5.11 Å². The molecule has 0 atom stereocenters. The van der Waals surface area contributed by atoms with E-state index in [0.717, 1.165) is 17.9 Å². The third kappa shape index (κ3) is 3.02. The Bertz CT molecular complexity index is 296. The predicted molar refractivity (Wildman–Crippen MR) is 52.4 cm³/mol. The van der Waals surface area contributed by atoms with Gasteiger partial charge in [0.15, 0.2) is 5.13 Å². The lowest BCUT2D eigenvalue weighted by Crippen LogP contribution is -2.07. The highest BCUT2D eigenvalue weighted by molar-refractivity contribution is 7.17. The normalized spacial score (nSPS) is 10.4. The number of aromatic carboxylic acids is 1. The van der Waals surface area contributed by atoms with Crippen LogP contribution in [0.4, 0.5) is 5.13 Å². The second-order valence-electron chi connectivity index (χ2n) is 3.11. The minimum atomic E-state index is -0.921. The first-order valence-electron chi connectivity index (χ1n) is 4.02. The van der Waals surface area contributed by atoms with Gasteiger partial charge in [-0.1, -0.05) is 25.2 Å². The number of hydrogen-bond donors (Lipinski definition) is 2. The molecule has 0 unspecified atom stereocenters. The summed E-state index contributed by atoms with van der Waals surface area (Å²) in [5, 5.41) is 12.4. The standard InChI is InChI=1S/C8H12N2O2S/c1-5(2)3-9-8-10-4-6(13-8)7(11)12/h4-5H,3H2,1-2H3,(H,9,10)(H,11,12). The fourth-order valence-electron chi connectivity index (χ4n) is 0.746. The molecule has 1 aromatic rings. The molecule has 5 heteroatoms. The molecule has 0 saturated heterocycles. The lowest BCUT2D eigenvalue weighted by molar-refractivity contribution is 0.0702. The summed E-state index contributed by atoms with van der Waals surface area (Å²) in [6.07, 6.45) is 1.37. The van der Waals surface area contributed by atoms with Crippen molar-refractivity contribution in [1.29, 1.82) is 0 Å². The molecule has 13 heavy (non-hydrogen) atoms. The number of thiazole rings is 1. The average molecular weight is 200 g/mol. The van der Waals surface area contributed by atoms with Crippen LogP contribution in [0.25, 0.3) is 0 Å². The van der Waals surface area contributed by atoms with Crippen LogP contribution in [-0.4, -0.2) is 22.6 Å². The molecule has 0 bridgehead atoms. The van der Waals surface area contributed by atoms with Gasteiger partial charge < -0.3 is 10.4 Å². The van der Waals surface area contributed by atoms with E-state index in [9.17, 15) is 4.79 Å². The highest BCUT2D eigenvalue weighted by atomic mass is 32.1. The fourth-order valence-corrected chi connectivity index (χ4v) is 1.41. The quantitative estimate of drug-likeness (QED) is 0.779. The van der Waals surface area contributed by atoms with Gasteiger partial charge in [0.25, 0.3) is 0 Å². The van der Waals surface area contributed by atoms with Gasteiger partial charge in [-0.2, -0.15) is 0 Å². The molecule has 2 N–H and O–H groups in total. The van der Waals surface area contributed by atoms with E-state index in [1.165, 1.54) is 6.20 Å². The Morgan fingerprint density at radius 2 is 2.46 bits per heavy atom. The van der Waals surface area contributed by atoms with Gasteiger partial charge in [-0.15, -0.1) is 0 Å². The van der Waals surface area contributed by atoms with Crippen molar-refractivity contribution in [3.05, 3.63) is 11.1 Å². The van der Waals surface area contributed by atoms with Gasteiger partial charge >= 0.3 is 5.97 Å². The number of carboxylic acids is 1. The molecule has 72 valence electrons. The molecule has 0 fully saturated rings. The zero-order chi connectivity index (χ0) is 9.84. The van der Waals surface area contributed by atoms with Crippen LogP contribution in [0.3, 0.4) is 0 Å². The van der Waals surface area contributed by atoms with Crippen molar-refractivity contribution >= 4 is 22.4 Å². The summed E-state index contributed by atoms with van der Waals surface area (Å²) >= 11 is 1.16. The lowest BCUT2D eigenvalue weighted by atomic mass is 10.2. The molecule has 0 spiro atoms. The number of rotatable bonds is 4. The smallest absolute Gasteiger partial charge is 0.347 e. The highest BCUT2D eigenvalue weighted by Crippen LogP contribution is 2.17. The van der Waals surface area contributed by atoms with Crippen LogP contribution in [-0.2, 0) is 0 Å². The van der Waals surface area contributed by atoms with Crippen molar-refractivity contribution in [1.82, 2.24) is 4.98 Å². The summed E-state index contributed by atoms with van der Waals surface area (Å²) < 4.78 is 0. The molecule has 0 aliphatic carbocycles. The molecule has 0 saturated carbocycles. The van der Waals surface area contributed by atoms with Crippen LogP contribution in [0.2, 0.25) is 0 Å². The monoisotopic (exact) mass is 200 g/mol. The number of anilines is 1.